The maximum atomic E-state index is 11.8. The van der Waals surface area contributed by atoms with Gasteiger partial charge in [-0.15, -0.1) is 0 Å². The van der Waals surface area contributed by atoms with Gasteiger partial charge in [0.05, 0.1) is 31.0 Å². The van der Waals surface area contributed by atoms with Crippen molar-refractivity contribution in [2.24, 2.45) is 52.3 Å². The van der Waals surface area contributed by atoms with Gasteiger partial charge in [-0.25, -0.2) is 0 Å². The van der Waals surface area contributed by atoms with Crippen LogP contribution in [0.2, 0.25) is 0 Å². The highest BCUT2D eigenvalue weighted by molar-refractivity contribution is 5.20. The number of hydrogen-bond donors (Lipinski definition) is 3. The van der Waals surface area contributed by atoms with Crippen LogP contribution in [0, 0.1) is 52.3 Å². The van der Waals surface area contributed by atoms with Gasteiger partial charge in [0, 0.05) is 23.7 Å². The first-order chi connectivity index (χ1) is 15.1. The number of aliphatic hydroxyl groups is 3. The Morgan fingerprint density at radius 2 is 1.66 bits per heavy atom. The van der Waals surface area contributed by atoms with Gasteiger partial charge < -0.3 is 24.8 Å². The molecule has 5 unspecified atom stereocenters. The van der Waals surface area contributed by atoms with E-state index in [1.54, 1.807) is 0 Å². The highest BCUT2D eigenvalue weighted by Gasteiger charge is 2.73. The van der Waals surface area contributed by atoms with Crippen LogP contribution in [0.15, 0.2) is 0 Å². The van der Waals surface area contributed by atoms with Gasteiger partial charge in [-0.2, -0.15) is 0 Å². The van der Waals surface area contributed by atoms with E-state index in [1.165, 1.54) is 0 Å². The molecule has 14 atom stereocenters. The highest BCUT2D eigenvalue weighted by Crippen LogP contribution is 2.71. The van der Waals surface area contributed by atoms with Crippen molar-refractivity contribution in [1.82, 2.24) is 0 Å². The van der Waals surface area contributed by atoms with E-state index in [4.69, 9.17) is 9.47 Å². The van der Waals surface area contributed by atoms with E-state index in [0.717, 1.165) is 58.0 Å². The predicted octanol–water partition coefficient (Wildman–Crippen LogP) is 3.74. The Morgan fingerprint density at radius 1 is 0.875 bits per heavy atom. The Balaban J connectivity index is 1.33. The number of rotatable bonds is 0. The van der Waals surface area contributed by atoms with Gasteiger partial charge in [0.15, 0.2) is 5.79 Å². The second kappa shape index (κ2) is 7.16. The average Bonchev–Trinajstić information content (AvgIpc) is 3.20. The van der Waals surface area contributed by atoms with Gasteiger partial charge in [0.25, 0.3) is 0 Å². The predicted molar refractivity (Wildman–Crippen MR) is 121 cm³/mol. The molecule has 1 spiro atoms. The summed E-state index contributed by atoms with van der Waals surface area (Å²) in [7, 11) is 0. The van der Waals surface area contributed by atoms with E-state index in [2.05, 4.69) is 27.7 Å². The van der Waals surface area contributed by atoms with Crippen LogP contribution in [-0.2, 0) is 9.47 Å². The van der Waals surface area contributed by atoms with Crippen molar-refractivity contribution in [3.8, 4) is 0 Å². The quantitative estimate of drug-likeness (QED) is 0.526. The number of hydrogen-bond acceptors (Lipinski definition) is 5. The average molecular weight is 449 g/mol. The molecule has 0 amide bonds. The van der Waals surface area contributed by atoms with Crippen molar-refractivity contribution >= 4 is 0 Å². The normalized spacial score (nSPS) is 64.0. The molecule has 0 aromatic heterocycles. The molecule has 0 bridgehead atoms. The van der Waals surface area contributed by atoms with E-state index in [-0.39, 0.29) is 40.8 Å². The maximum Gasteiger partial charge on any atom is 0.171 e. The molecule has 6 aliphatic rings. The van der Waals surface area contributed by atoms with Crippen LogP contribution in [-0.4, -0.2) is 52.1 Å². The van der Waals surface area contributed by atoms with Crippen molar-refractivity contribution in [1.29, 1.82) is 0 Å². The monoisotopic (exact) mass is 448 g/mol. The fourth-order valence-corrected chi connectivity index (χ4v) is 10.3. The molecule has 2 saturated heterocycles. The Morgan fingerprint density at radius 3 is 2.38 bits per heavy atom. The molecule has 4 aliphatic carbocycles. The molecule has 6 rings (SSSR count). The van der Waals surface area contributed by atoms with Gasteiger partial charge in [-0.3, -0.25) is 0 Å². The molecule has 6 fully saturated rings. The van der Waals surface area contributed by atoms with Crippen molar-refractivity contribution < 1.29 is 24.8 Å². The summed E-state index contributed by atoms with van der Waals surface area (Å²) in [6.45, 7) is 9.88. The Kier molecular flexibility index (Phi) is 4.99. The highest BCUT2D eigenvalue weighted by atomic mass is 16.7. The van der Waals surface area contributed by atoms with E-state index in [9.17, 15) is 15.3 Å². The van der Waals surface area contributed by atoms with Crippen molar-refractivity contribution in [3.05, 3.63) is 0 Å². The third-order valence-electron chi connectivity index (χ3n) is 12.0. The zero-order valence-corrected chi connectivity index (χ0v) is 20.4. The minimum absolute atomic E-state index is 0.0118. The summed E-state index contributed by atoms with van der Waals surface area (Å²) < 4.78 is 13.2. The molecule has 182 valence electrons. The SMILES string of the molecule is CC1CC[C@@]2(OC1)O[C@H]1C[C@H]3[C@@H]4CCC5CC(O)CC[C@]5(C)[C@H]4C(O)C(O)[C@]3(C)[C@H]1[C@@H]2C. The minimum atomic E-state index is -0.727. The van der Waals surface area contributed by atoms with Gasteiger partial charge in [-0.05, 0) is 80.0 Å². The summed E-state index contributed by atoms with van der Waals surface area (Å²) in [6, 6.07) is 0. The molecule has 0 aromatic carbocycles. The molecule has 0 aromatic rings. The van der Waals surface area contributed by atoms with Crippen LogP contribution in [0.3, 0.4) is 0 Å². The molecule has 5 heteroatoms. The number of fused-ring (bicyclic) bond motifs is 7. The molecule has 2 aliphatic heterocycles. The first-order valence-corrected chi connectivity index (χ1v) is 13.5. The van der Waals surface area contributed by atoms with Crippen LogP contribution in [0.25, 0.3) is 0 Å². The zero-order chi connectivity index (χ0) is 22.6. The fraction of sp³-hybridized carbons (Fsp3) is 1.00. The summed E-state index contributed by atoms with van der Waals surface area (Å²) in [6.07, 6.45) is 6.44. The van der Waals surface area contributed by atoms with Crippen LogP contribution in [0.1, 0.15) is 79.1 Å². The summed E-state index contributed by atoms with van der Waals surface area (Å²) >= 11 is 0. The van der Waals surface area contributed by atoms with Gasteiger partial charge in [-0.1, -0.05) is 27.7 Å². The lowest BCUT2D eigenvalue weighted by Crippen LogP contribution is -2.65. The van der Waals surface area contributed by atoms with Crippen molar-refractivity contribution in [2.75, 3.05) is 6.61 Å². The third kappa shape index (κ3) is 2.69. The first-order valence-electron chi connectivity index (χ1n) is 13.5. The fourth-order valence-electron chi connectivity index (χ4n) is 10.3. The van der Waals surface area contributed by atoms with E-state index >= 15 is 0 Å². The zero-order valence-electron chi connectivity index (χ0n) is 20.4. The maximum absolute atomic E-state index is 11.8. The topological polar surface area (TPSA) is 79.2 Å². The summed E-state index contributed by atoms with van der Waals surface area (Å²) in [5.41, 5.74) is -0.324. The minimum Gasteiger partial charge on any atom is -0.393 e. The van der Waals surface area contributed by atoms with Crippen molar-refractivity contribution in [3.63, 3.8) is 0 Å². The first kappa shape index (κ1) is 22.3. The Hall–Kier alpha value is -0.200. The van der Waals surface area contributed by atoms with Gasteiger partial charge >= 0.3 is 0 Å². The molecule has 5 nitrogen and oxygen atoms in total. The van der Waals surface area contributed by atoms with Gasteiger partial charge in [0.2, 0.25) is 0 Å². The van der Waals surface area contributed by atoms with Crippen molar-refractivity contribution in [2.45, 2.75) is 109 Å². The molecular weight excluding hydrogens is 404 g/mol. The van der Waals surface area contributed by atoms with Crippen LogP contribution in [0.5, 0.6) is 0 Å². The molecule has 4 saturated carbocycles. The van der Waals surface area contributed by atoms with Crippen LogP contribution < -0.4 is 0 Å². The molecule has 2 heterocycles. The number of aliphatic hydroxyl groups excluding tert-OH is 3. The molecular formula is C27H44O5. The largest absolute Gasteiger partial charge is 0.393 e. The van der Waals surface area contributed by atoms with Gasteiger partial charge in [0.1, 0.15) is 0 Å². The second-order valence-corrected chi connectivity index (χ2v) is 13.3. The molecule has 3 N–H and O–H groups in total. The standard InChI is InChI=1S/C27H44O5/c1-14-7-10-27(31-13-14)15(2)21-20(32-27)12-19-18-6-5-16-11-17(28)8-9-25(16,3)22(18)23(29)24(30)26(19,21)4/h14-24,28-30H,5-13H2,1-4H3/t14?,15-,16?,17?,18-,19-,20-,21-,22+,23?,24?,25-,26-,27+/m0/s1. The Labute approximate surface area is 193 Å². The lowest BCUT2D eigenvalue weighted by Gasteiger charge is -2.64. The van der Waals surface area contributed by atoms with Crippen LogP contribution >= 0.6 is 0 Å². The summed E-state index contributed by atoms with van der Waals surface area (Å²) in [4.78, 5) is 0. The number of ether oxygens (including phenoxy) is 2. The molecule has 0 radical (unpaired) electrons. The summed E-state index contributed by atoms with van der Waals surface area (Å²) in [5.74, 6) is 1.92. The second-order valence-electron chi connectivity index (χ2n) is 13.3. The van der Waals surface area contributed by atoms with E-state index in [0.29, 0.717) is 23.7 Å². The van der Waals surface area contributed by atoms with E-state index < -0.39 is 18.0 Å². The lowest BCUT2D eigenvalue weighted by atomic mass is 9.43. The molecule has 32 heavy (non-hydrogen) atoms. The lowest BCUT2D eigenvalue weighted by molar-refractivity contribution is -0.278. The smallest absolute Gasteiger partial charge is 0.171 e. The third-order valence-corrected chi connectivity index (χ3v) is 12.0. The Bertz CT molecular complexity index is 748. The van der Waals surface area contributed by atoms with E-state index in [1.807, 2.05) is 0 Å². The van der Waals surface area contributed by atoms with Crippen LogP contribution in [0.4, 0.5) is 0 Å². The summed E-state index contributed by atoms with van der Waals surface area (Å²) in [5, 5.41) is 33.8.